The van der Waals surface area contributed by atoms with Crippen LogP contribution in [0.25, 0.3) is 0 Å². The van der Waals surface area contributed by atoms with Gasteiger partial charge in [-0.15, -0.1) is 0 Å². The summed E-state index contributed by atoms with van der Waals surface area (Å²) >= 11 is 6.96. The number of methoxy groups -OCH3 is 1. The first-order valence-electron chi connectivity index (χ1n) is 5.99. The Kier molecular flexibility index (Phi) is 4.83. The van der Waals surface area contributed by atoms with Crippen molar-refractivity contribution in [2.45, 2.75) is 13.0 Å². The largest absolute Gasteiger partial charge is 0.496 e. The van der Waals surface area contributed by atoms with E-state index in [9.17, 15) is 4.39 Å². The van der Waals surface area contributed by atoms with E-state index >= 15 is 0 Å². The number of rotatable bonds is 3. The Morgan fingerprint density at radius 2 is 1.90 bits per heavy atom. The van der Waals surface area contributed by atoms with Crippen LogP contribution < -0.4 is 10.5 Å². The van der Waals surface area contributed by atoms with Gasteiger partial charge in [0.1, 0.15) is 11.6 Å². The fraction of sp³-hybridized carbons (Fsp3) is 0.200. The smallest absolute Gasteiger partial charge is 0.132 e. The number of hydrogen-bond acceptors (Lipinski definition) is 2. The number of aryl methyl sites for hydroxylation is 1. The Morgan fingerprint density at radius 1 is 1.20 bits per heavy atom. The molecule has 20 heavy (non-hydrogen) atoms. The number of nitrogens with two attached hydrogens (primary N) is 1. The summed E-state index contributed by atoms with van der Waals surface area (Å²) in [6.45, 7) is 1.98. The van der Waals surface area contributed by atoms with Crippen LogP contribution in [0, 0.1) is 12.7 Å². The molecule has 0 aliphatic carbocycles. The molecule has 2 N–H and O–H groups in total. The van der Waals surface area contributed by atoms with E-state index in [4.69, 9.17) is 10.5 Å². The normalized spacial score (nSPS) is 12.3. The molecule has 1 unspecified atom stereocenters. The Morgan fingerprint density at radius 3 is 2.55 bits per heavy atom. The van der Waals surface area contributed by atoms with Gasteiger partial charge in [-0.25, -0.2) is 4.39 Å². The zero-order chi connectivity index (χ0) is 14.9. The highest BCUT2D eigenvalue weighted by Crippen LogP contribution is 2.36. The first-order valence-corrected chi connectivity index (χ1v) is 7.57. The topological polar surface area (TPSA) is 35.2 Å². The van der Waals surface area contributed by atoms with E-state index in [-0.39, 0.29) is 5.82 Å². The molecule has 0 amide bonds. The molecule has 0 aromatic heterocycles. The quantitative estimate of drug-likeness (QED) is 0.806. The summed E-state index contributed by atoms with van der Waals surface area (Å²) in [5.41, 5.74) is 8.47. The maximum Gasteiger partial charge on any atom is 0.132 e. The average molecular weight is 403 g/mol. The van der Waals surface area contributed by atoms with Crippen LogP contribution >= 0.6 is 31.9 Å². The molecule has 2 rings (SSSR count). The molecule has 0 heterocycles. The predicted octanol–water partition coefficient (Wildman–Crippen LogP) is 4.72. The van der Waals surface area contributed by atoms with Gasteiger partial charge in [-0.3, -0.25) is 0 Å². The average Bonchev–Trinajstić information content (AvgIpc) is 2.41. The van der Waals surface area contributed by atoms with Crippen LogP contribution in [-0.4, -0.2) is 7.11 Å². The molecule has 0 saturated carbocycles. The van der Waals surface area contributed by atoms with Gasteiger partial charge in [-0.05, 0) is 42.3 Å². The Balaban J connectivity index is 2.57. The van der Waals surface area contributed by atoms with Crippen molar-refractivity contribution in [1.29, 1.82) is 0 Å². The van der Waals surface area contributed by atoms with Crippen LogP contribution in [0.4, 0.5) is 4.39 Å². The van der Waals surface area contributed by atoms with Gasteiger partial charge in [0.25, 0.3) is 0 Å². The summed E-state index contributed by atoms with van der Waals surface area (Å²) in [4.78, 5) is 0. The third-order valence-electron chi connectivity index (χ3n) is 3.16. The standard InChI is InChI=1S/C15H14Br2FNO/c1-8-6-11(17)9(7-10(8)16)15(19)14-12(18)4-3-5-13(14)20-2/h3-7,15H,19H2,1-2H3. The van der Waals surface area contributed by atoms with Crippen molar-refractivity contribution in [3.8, 4) is 5.75 Å². The third kappa shape index (κ3) is 2.90. The van der Waals surface area contributed by atoms with Gasteiger partial charge >= 0.3 is 0 Å². The molecule has 0 bridgehead atoms. The van der Waals surface area contributed by atoms with E-state index in [2.05, 4.69) is 31.9 Å². The Bertz CT molecular complexity index is 646. The summed E-state index contributed by atoms with van der Waals surface area (Å²) in [6, 6.07) is 7.93. The monoisotopic (exact) mass is 401 g/mol. The van der Waals surface area contributed by atoms with Crippen LogP contribution in [0.2, 0.25) is 0 Å². The van der Waals surface area contributed by atoms with Crippen molar-refractivity contribution in [1.82, 2.24) is 0 Å². The first kappa shape index (κ1) is 15.5. The van der Waals surface area contributed by atoms with Crippen LogP contribution in [0.15, 0.2) is 39.3 Å². The lowest BCUT2D eigenvalue weighted by molar-refractivity contribution is 0.402. The molecule has 0 radical (unpaired) electrons. The SMILES string of the molecule is COc1cccc(F)c1C(N)c1cc(Br)c(C)cc1Br. The van der Waals surface area contributed by atoms with Crippen LogP contribution in [0.5, 0.6) is 5.75 Å². The van der Waals surface area contributed by atoms with E-state index in [1.165, 1.54) is 13.2 Å². The molecule has 0 spiro atoms. The Labute approximate surface area is 134 Å². The second-order valence-electron chi connectivity index (χ2n) is 4.46. The summed E-state index contributed by atoms with van der Waals surface area (Å²) in [6.07, 6.45) is 0. The molecular formula is C15H14Br2FNO. The Hall–Kier alpha value is -0.910. The van der Waals surface area contributed by atoms with Crippen molar-refractivity contribution in [2.75, 3.05) is 7.11 Å². The minimum Gasteiger partial charge on any atom is -0.496 e. The number of hydrogen-bond donors (Lipinski definition) is 1. The second-order valence-corrected chi connectivity index (χ2v) is 6.17. The molecule has 2 aromatic carbocycles. The maximum absolute atomic E-state index is 14.1. The van der Waals surface area contributed by atoms with Crippen molar-refractivity contribution in [3.63, 3.8) is 0 Å². The van der Waals surface area contributed by atoms with Crippen molar-refractivity contribution in [2.24, 2.45) is 5.73 Å². The number of benzene rings is 2. The minimum absolute atomic E-state index is 0.353. The highest BCUT2D eigenvalue weighted by Gasteiger charge is 2.21. The molecule has 0 aliphatic heterocycles. The van der Waals surface area contributed by atoms with Crippen molar-refractivity contribution >= 4 is 31.9 Å². The fourth-order valence-electron chi connectivity index (χ4n) is 2.05. The van der Waals surface area contributed by atoms with Gasteiger partial charge < -0.3 is 10.5 Å². The van der Waals surface area contributed by atoms with Gasteiger partial charge in [-0.1, -0.05) is 37.9 Å². The lowest BCUT2D eigenvalue weighted by atomic mass is 9.97. The summed E-state index contributed by atoms with van der Waals surface area (Å²) < 4.78 is 21.1. The maximum atomic E-state index is 14.1. The van der Waals surface area contributed by atoms with Gasteiger partial charge in [-0.2, -0.15) is 0 Å². The zero-order valence-electron chi connectivity index (χ0n) is 11.1. The molecular weight excluding hydrogens is 389 g/mol. The highest BCUT2D eigenvalue weighted by molar-refractivity contribution is 9.11. The number of halogens is 3. The van der Waals surface area contributed by atoms with Gasteiger partial charge in [0.15, 0.2) is 0 Å². The molecule has 2 nitrogen and oxygen atoms in total. The van der Waals surface area contributed by atoms with Crippen molar-refractivity contribution in [3.05, 3.63) is 61.8 Å². The summed E-state index contributed by atoms with van der Waals surface area (Å²) in [7, 11) is 1.51. The molecule has 106 valence electrons. The lowest BCUT2D eigenvalue weighted by Gasteiger charge is -2.19. The van der Waals surface area contributed by atoms with Crippen LogP contribution in [0.3, 0.4) is 0 Å². The second kappa shape index (κ2) is 6.24. The molecule has 0 aliphatic rings. The molecule has 5 heteroatoms. The third-order valence-corrected chi connectivity index (χ3v) is 4.70. The fourth-order valence-corrected chi connectivity index (χ4v) is 3.12. The molecule has 1 atom stereocenters. The molecule has 0 fully saturated rings. The molecule has 2 aromatic rings. The van der Waals surface area contributed by atoms with E-state index in [1.807, 2.05) is 19.1 Å². The van der Waals surface area contributed by atoms with E-state index in [1.54, 1.807) is 12.1 Å². The molecule has 0 saturated heterocycles. The van der Waals surface area contributed by atoms with Crippen LogP contribution in [0.1, 0.15) is 22.7 Å². The predicted molar refractivity (Wildman–Crippen MR) is 85.6 cm³/mol. The number of ether oxygens (including phenoxy) is 1. The first-order chi connectivity index (χ1) is 9.45. The van der Waals surface area contributed by atoms with Gasteiger partial charge in [0.2, 0.25) is 0 Å². The zero-order valence-corrected chi connectivity index (χ0v) is 14.3. The van der Waals surface area contributed by atoms with E-state index < -0.39 is 6.04 Å². The summed E-state index contributed by atoms with van der Waals surface area (Å²) in [5, 5.41) is 0. The van der Waals surface area contributed by atoms with Gasteiger partial charge in [0, 0.05) is 8.95 Å². The van der Waals surface area contributed by atoms with Crippen molar-refractivity contribution < 1.29 is 9.13 Å². The van der Waals surface area contributed by atoms with Gasteiger partial charge in [0.05, 0.1) is 18.7 Å². The minimum atomic E-state index is -0.613. The summed E-state index contributed by atoms with van der Waals surface area (Å²) in [5.74, 6) is 0.0709. The van der Waals surface area contributed by atoms with E-state index in [0.717, 1.165) is 20.1 Å². The van der Waals surface area contributed by atoms with Crippen LogP contribution in [-0.2, 0) is 0 Å². The van der Waals surface area contributed by atoms with E-state index in [0.29, 0.717) is 11.3 Å². The highest BCUT2D eigenvalue weighted by atomic mass is 79.9. The lowest BCUT2D eigenvalue weighted by Crippen LogP contribution is -2.15.